The SMILES string of the molecule is c1ccc(-c2ccc(-n3c4ccccc4c4c(N(c5ccc6c(c5)C(c5ccccc5)(c5ccccc5)c5ccccc5-6)c5ccccc5-c5ccccc5)cccc43)cc2)cc1. The zero-order valence-electron chi connectivity index (χ0n) is 34.6. The molecule has 11 aromatic rings. The van der Waals surface area contributed by atoms with Crippen LogP contribution in [0, 0.1) is 0 Å². The third-order valence-electron chi connectivity index (χ3n) is 13.1. The molecule has 0 radical (unpaired) electrons. The molecule has 0 atom stereocenters. The average molecular weight is 803 g/mol. The maximum Gasteiger partial charge on any atom is 0.0714 e. The van der Waals surface area contributed by atoms with Crippen LogP contribution < -0.4 is 4.90 Å². The van der Waals surface area contributed by atoms with Gasteiger partial charge in [0.15, 0.2) is 0 Å². The summed E-state index contributed by atoms with van der Waals surface area (Å²) < 4.78 is 2.43. The molecule has 0 unspecified atom stereocenters. The van der Waals surface area contributed by atoms with Crippen LogP contribution >= 0.6 is 0 Å². The molecule has 0 spiro atoms. The summed E-state index contributed by atoms with van der Waals surface area (Å²) in [6, 6.07) is 93.3. The van der Waals surface area contributed by atoms with Crippen LogP contribution in [0.2, 0.25) is 0 Å². The van der Waals surface area contributed by atoms with Crippen LogP contribution in [0.3, 0.4) is 0 Å². The van der Waals surface area contributed by atoms with Gasteiger partial charge in [-0.25, -0.2) is 0 Å². The normalized spacial score (nSPS) is 12.6. The van der Waals surface area contributed by atoms with Gasteiger partial charge in [-0.3, -0.25) is 0 Å². The molecule has 0 saturated carbocycles. The molecule has 12 rings (SSSR count). The summed E-state index contributed by atoms with van der Waals surface area (Å²) in [7, 11) is 0. The number of hydrogen-bond acceptors (Lipinski definition) is 1. The average Bonchev–Trinajstić information content (AvgIpc) is 3.86. The van der Waals surface area contributed by atoms with Gasteiger partial charge in [0, 0.05) is 27.7 Å². The van der Waals surface area contributed by atoms with Crippen molar-refractivity contribution in [3.8, 4) is 39.1 Å². The molecule has 2 heteroatoms. The van der Waals surface area contributed by atoms with E-state index < -0.39 is 5.41 Å². The molecule has 0 bridgehead atoms. The van der Waals surface area contributed by atoms with Gasteiger partial charge in [0.2, 0.25) is 0 Å². The van der Waals surface area contributed by atoms with Crippen molar-refractivity contribution in [2.45, 2.75) is 5.41 Å². The summed E-state index contributed by atoms with van der Waals surface area (Å²) in [4.78, 5) is 2.52. The van der Waals surface area contributed by atoms with E-state index in [1.54, 1.807) is 0 Å². The summed E-state index contributed by atoms with van der Waals surface area (Å²) >= 11 is 0. The van der Waals surface area contributed by atoms with Gasteiger partial charge < -0.3 is 9.47 Å². The quantitative estimate of drug-likeness (QED) is 0.149. The van der Waals surface area contributed by atoms with E-state index in [2.05, 4.69) is 264 Å². The third-order valence-corrected chi connectivity index (χ3v) is 13.1. The molecule has 0 aliphatic heterocycles. The Bertz CT molecular complexity index is 3380. The Morgan fingerprint density at radius 2 is 0.857 bits per heavy atom. The lowest BCUT2D eigenvalue weighted by Gasteiger charge is -2.35. The first-order chi connectivity index (χ1) is 31.3. The second-order valence-electron chi connectivity index (χ2n) is 16.4. The zero-order valence-corrected chi connectivity index (χ0v) is 34.6. The molecule has 0 saturated heterocycles. The van der Waals surface area contributed by atoms with E-state index in [0.717, 1.165) is 33.8 Å². The predicted molar refractivity (Wildman–Crippen MR) is 264 cm³/mol. The Balaban J connectivity index is 1.15. The molecular formula is C61H42N2. The van der Waals surface area contributed by atoms with Gasteiger partial charge in [-0.2, -0.15) is 0 Å². The van der Waals surface area contributed by atoms with Crippen molar-refractivity contribution in [1.82, 2.24) is 4.57 Å². The van der Waals surface area contributed by atoms with Gasteiger partial charge >= 0.3 is 0 Å². The number of aromatic nitrogens is 1. The van der Waals surface area contributed by atoms with Crippen molar-refractivity contribution in [2.75, 3.05) is 4.90 Å². The molecule has 0 amide bonds. The van der Waals surface area contributed by atoms with E-state index in [1.807, 2.05) is 0 Å². The van der Waals surface area contributed by atoms with Gasteiger partial charge in [0.25, 0.3) is 0 Å². The fourth-order valence-electron chi connectivity index (χ4n) is 10.4. The first-order valence-corrected chi connectivity index (χ1v) is 21.8. The largest absolute Gasteiger partial charge is 0.309 e. The van der Waals surface area contributed by atoms with Crippen molar-refractivity contribution < 1.29 is 0 Å². The highest BCUT2D eigenvalue weighted by Gasteiger charge is 2.46. The Labute approximate surface area is 368 Å². The maximum absolute atomic E-state index is 2.52. The second kappa shape index (κ2) is 15.1. The predicted octanol–water partition coefficient (Wildman–Crippen LogP) is 16.0. The van der Waals surface area contributed by atoms with E-state index >= 15 is 0 Å². The first-order valence-electron chi connectivity index (χ1n) is 21.8. The van der Waals surface area contributed by atoms with Gasteiger partial charge in [-0.05, 0) is 98.6 Å². The van der Waals surface area contributed by atoms with Crippen LogP contribution in [0.15, 0.2) is 255 Å². The molecule has 2 nitrogen and oxygen atoms in total. The lowest BCUT2D eigenvalue weighted by Crippen LogP contribution is -2.28. The van der Waals surface area contributed by atoms with Crippen molar-refractivity contribution in [3.63, 3.8) is 0 Å². The van der Waals surface area contributed by atoms with Crippen LogP contribution in [-0.4, -0.2) is 4.57 Å². The molecule has 296 valence electrons. The minimum atomic E-state index is -0.539. The Morgan fingerprint density at radius 1 is 0.333 bits per heavy atom. The first kappa shape index (κ1) is 36.6. The number of anilines is 3. The standard InChI is InChI=1S/C61H42N2/c1-5-20-43(21-6-1)44-36-38-48(39-37-44)62-57-33-18-15-30-53(57)60-58(62)34-19-35-59(60)63(56-32-17-14-28-50(56)45-22-7-2-8-23-45)49-40-41-52-51-29-13-16-31-54(51)61(55(52)42-49,46-24-9-3-10-25-46)47-26-11-4-12-27-47/h1-42H. The third kappa shape index (κ3) is 5.80. The van der Waals surface area contributed by atoms with Crippen LogP contribution in [0.5, 0.6) is 0 Å². The van der Waals surface area contributed by atoms with E-state index in [4.69, 9.17) is 0 Å². The summed E-state index contributed by atoms with van der Waals surface area (Å²) in [5.74, 6) is 0. The van der Waals surface area contributed by atoms with Crippen molar-refractivity contribution in [2.24, 2.45) is 0 Å². The zero-order chi connectivity index (χ0) is 41.7. The van der Waals surface area contributed by atoms with Crippen LogP contribution in [0.1, 0.15) is 22.3 Å². The summed E-state index contributed by atoms with van der Waals surface area (Å²) in [6.45, 7) is 0. The highest BCUT2D eigenvalue weighted by Crippen LogP contribution is 2.58. The molecule has 0 N–H and O–H groups in total. The van der Waals surface area contributed by atoms with E-state index in [9.17, 15) is 0 Å². The number of para-hydroxylation sites is 2. The molecule has 0 fully saturated rings. The Kier molecular flexibility index (Phi) is 8.76. The van der Waals surface area contributed by atoms with Crippen molar-refractivity contribution >= 4 is 38.9 Å². The lowest BCUT2D eigenvalue weighted by atomic mass is 9.67. The summed E-state index contributed by atoms with van der Waals surface area (Å²) in [6.07, 6.45) is 0. The monoisotopic (exact) mass is 802 g/mol. The second-order valence-corrected chi connectivity index (χ2v) is 16.4. The van der Waals surface area contributed by atoms with Crippen LogP contribution in [0.25, 0.3) is 60.9 Å². The van der Waals surface area contributed by atoms with Crippen molar-refractivity contribution in [3.05, 3.63) is 277 Å². The molecule has 1 aliphatic rings. The fourth-order valence-corrected chi connectivity index (χ4v) is 10.4. The molecule has 1 heterocycles. The van der Waals surface area contributed by atoms with Gasteiger partial charge in [0.1, 0.15) is 0 Å². The minimum absolute atomic E-state index is 0.539. The highest BCUT2D eigenvalue weighted by atomic mass is 15.2. The Hall–Kier alpha value is -8.20. The maximum atomic E-state index is 2.52. The number of rotatable bonds is 8. The molecular weight excluding hydrogens is 761 g/mol. The number of hydrogen-bond donors (Lipinski definition) is 0. The minimum Gasteiger partial charge on any atom is -0.309 e. The molecule has 1 aliphatic carbocycles. The number of fused-ring (bicyclic) bond motifs is 6. The Morgan fingerprint density at radius 3 is 1.57 bits per heavy atom. The van der Waals surface area contributed by atoms with Gasteiger partial charge in [0.05, 0.1) is 27.8 Å². The molecule has 10 aromatic carbocycles. The topological polar surface area (TPSA) is 8.17 Å². The molecule has 63 heavy (non-hydrogen) atoms. The fraction of sp³-hybridized carbons (Fsp3) is 0.0164. The van der Waals surface area contributed by atoms with Crippen LogP contribution in [-0.2, 0) is 5.41 Å². The van der Waals surface area contributed by atoms with Crippen LogP contribution in [0.4, 0.5) is 17.1 Å². The highest BCUT2D eigenvalue weighted by molar-refractivity contribution is 6.17. The summed E-state index contributed by atoms with van der Waals surface area (Å²) in [5, 5.41) is 2.40. The van der Waals surface area contributed by atoms with Crippen molar-refractivity contribution in [1.29, 1.82) is 0 Å². The molecule has 1 aromatic heterocycles. The van der Waals surface area contributed by atoms with E-state index in [-0.39, 0.29) is 0 Å². The van der Waals surface area contributed by atoms with E-state index in [1.165, 1.54) is 66.4 Å². The lowest BCUT2D eigenvalue weighted by molar-refractivity contribution is 0.768. The van der Waals surface area contributed by atoms with E-state index in [0.29, 0.717) is 0 Å². The number of benzene rings is 10. The van der Waals surface area contributed by atoms with Gasteiger partial charge in [-0.15, -0.1) is 0 Å². The summed E-state index contributed by atoms with van der Waals surface area (Å²) in [5.41, 5.74) is 18.6. The van der Waals surface area contributed by atoms with Gasteiger partial charge in [-0.1, -0.05) is 206 Å². The number of nitrogens with zero attached hydrogens (tertiary/aromatic N) is 2. The smallest absolute Gasteiger partial charge is 0.0714 e.